The lowest BCUT2D eigenvalue weighted by molar-refractivity contribution is 0.661. The number of benzene rings is 2. The van der Waals surface area contributed by atoms with E-state index in [0.717, 1.165) is 34.1 Å². The summed E-state index contributed by atoms with van der Waals surface area (Å²) in [7, 11) is 0. The summed E-state index contributed by atoms with van der Waals surface area (Å²) in [5.41, 5.74) is 3.69. The molecule has 3 rings (SSSR count). The van der Waals surface area contributed by atoms with Gasteiger partial charge in [0.05, 0.1) is 11.2 Å². The van der Waals surface area contributed by atoms with Crippen molar-refractivity contribution in [2.45, 2.75) is 26.8 Å². The van der Waals surface area contributed by atoms with Gasteiger partial charge < -0.3 is 0 Å². The largest absolute Gasteiger partial charge is 0.348 e. The van der Waals surface area contributed by atoms with Gasteiger partial charge in [-0.1, -0.05) is 49.4 Å². The van der Waals surface area contributed by atoms with E-state index in [2.05, 4.69) is 30.1 Å². The highest BCUT2D eigenvalue weighted by atomic mass is 16.1. The molecule has 0 unspecified atom stereocenters. The Hall–Kier alpha value is -2.42. The normalized spacial score (nSPS) is 11.0. The van der Waals surface area contributed by atoms with Gasteiger partial charge in [-0.15, -0.1) is 0 Å². The third-order valence-electron chi connectivity index (χ3n) is 3.63. The van der Waals surface area contributed by atoms with Crippen LogP contribution in [0.25, 0.3) is 22.2 Å². The van der Waals surface area contributed by atoms with Gasteiger partial charge in [-0.25, -0.2) is 4.79 Å². The third kappa shape index (κ3) is 2.47. The van der Waals surface area contributed by atoms with E-state index >= 15 is 0 Å². The quantitative estimate of drug-likeness (QED) is 0.730. The van der Waals surface area contributed by atoms with Crippen molar-refractivity contribution in [3.63, 3.8) is 0 Å². The van der Waals surface area contributed by atoms with Crippen molar-refractivity contribution < 1.29 is 0 Å². The molecule has 0 aliphatic heterocycles. The predicted octanol–water partition coefficient (Wildman–Crippen LogP) is 3.78. The third-order valence-corrected chi connectivity index (χ3v) is 3.63. The molecule has 0 aliphatic rings. The lowest BCUT2D eigenvalue weighted by Gasteiger charge is -2.12. The SMILES string of the molecule is CCCn1c(=O)nc(-c2ccccc2)c2ccc(C)cc21. The van der Waals surface area contributed by atoms with Crippen molar-refractivity contribution >= 4 is 10.9 Å². The second-order valence-corrected chi connectivity index (χ2v) is 5.28. The molecule has 21 heavy (non-hydrogen) atoms. The molecular weight excluding hydrogens is 260 g/mol. The molecule has 0 spiro atoms. The van der Waals surface area contributed by atoms with Gasteiger partial charge in [-0.05, 0) is 25.0 Å². The maximum absolute atomic E-state index is 12.4. The zero-order valence-corrected chi connectivity index (χ0v) is 12.3. The Morgan fingerprint density at radius 2 is 1.86 bits per heavy atom. The van der Waals surface area contributed by atoms with Crippen LogP contribution in [0.3, 0.4) is 0 Å². The Labute approximate surface area is 123 Å². The van der Waals surface area contributed by atoms with Crippen molar-refractivity contribution in [2.75, 3.05) is 0 Å². The minimum atomic E-state index is -0.172. The number of aromatic nitrogens is 2. The van der Waals surface area contributed by atoms with Gasteiger partial charge >= 0.3 is 5.69 Å². The number of fused-ring (bicyclic) bond motifs is 1. The molecule has 0 radical (unpaired) electrons. The zero-order valence-electron chi connectivity index (χ0n) is 12.3. The van der Waals surface area contributed by atoms with Crippen LogP contribution in [0.4, 0.5) is 0 Å². The molecule has 2 aromatic carbocycles. The zero-order chi connectivity index (χ0) is 14.8. The maximum Gasteiger partial charge on any atom is 0.348 e. The molecule has 0 atom stereocenters. The molecule has 0 aliphatic carbocycles. The monoisotopic (exact) mass is 278 g/mol. The van der Waals surface area contributed by atoms with E-state index in [0.29, 0.717) is 6.54 Å². The van der Waals surface area contributed by atoms with Crippen molar-refractivity contribution in [3.8, 4) is 11.3 Å². The molecule has 106 valence electrons. The lowest BCUT2D eigenvalue weighted by Crippen LogP contribution is -2.24. The number of nitrogens with zero attached hydrogens (tertiary/aromatic N) is 2. The summed E-state index contributed by atoms with van der Waals surface area (Å²) in [5, 5.41) is 1.03. The van der Waals surface area contributed by atoms with Gasteiger partial charge in [-0.3, -0.25) is 4.57 Å². The van der Waals surface area contributed by atoms with Crippen LogP contribution in [0.1, 0.15) is 18.9 Å². The van der Waals surface area contributed by atoms with Crippen LogP contribution in [0, 0.1) is 6.92 Å². The van der Waals surface area contributed by atoms with Gasteiger partial charge in [0, 0.05) is 17.5 Å². The standard InChI is InChI=1S/C18H18N2O/c1-3-11-20-16-12-13(2)9-10-15(16)17(19-18(20)21)14-7-5-4-6-8-14/h4-10,12H,3,11H2,1-2H3. The highest BCUT2D eigenvalue weighted by molar-refractivity contribution is 5.92. The second-order valence-electron chi connectivity index (χ2n) is 5.28. The molecule has 1 heterocycles. The topological polar surface area (TPSA) is 34.9 Å². The van der Waals surface area contributed by atoms with Crippen molar-refractivity contribution in [1.29, 1.82) is 0 Å². The fourth-order valence-electron chi connectivity index (χ4n) is 2.64. The summed E-state index contributed by atoms with van der Waals surface area (Å²) in [6.45, 7) is 4.81. The summed E-state index contributed by atoms with van der Waals surface area (Å²) in [5.74, 6) is 0. The van der Waals surface area contributed by atoms with Gasteiger partial charge in [0.25, 0.3) is 0 Å². The lowest BCUT2D eigenvalue weighted by atomic mass is 10.0. The van der Waals surface area contributed by atoms with E-state index in [1.54, 1.807) is 4.57 Å². The summed E-state index contributed by atoms with van der Waals surface area (Å²) in [6, 6.07) is 16.1. The Kier molecular flexibility index (Phi) is 3.57. The summed E-state index contributed by atoms with van der Waals surface area (Å²) in [6.07, 6.45) is 0.912. The maximum atomic E-state index is 12.4. The highest BCUT2D eigenvalue weighted by Gasteiger charge is 2.11. The van der Waals surface area contributed by atoms with Crippen molar-refractivity contribution in [2.24, 2.45) is 0 Å². The number of aryl methyl sites for hydroxylation is 2. The molecule has 0 N–H and O–H groups in total. The van der Waals surface area contributed by atoms with Crippen LogP contribution in [0.2, 0.25) is 0 Å². The van der Waals surface area contributed by atoms with Gasteiger partial charge in [0.2, 0.25) is 0 Å². The first-order chi connectivity index (χ1) is 10.2. The second kappa shape index (κ2) is 5.52. The van der Waals surface area contributed by atoms with E-state index in [-0.39, 0.29) is 5.69 Å². The number of hydrogen-bond donors (Lipinski definition) is 0. The minimum absolute atomic E-state index is 0.172. The van der Waals surface area contributed by atoms with Crippen LogP contribution >= 0.6 is 0 Å². The average molecular weight is 278 g/mol. The fraction of sp³-hybridized carbons (Fsp3) is 0.222. The minimum Gasteiger partial charge on any atom is -0.292 e. The Bertz CT molecular complexity index is 835. The Morgan fingerprint density at radius 3 is 2.57 bits per heavy atom. The Morgan fingerprint density at radius 1 is 1.10 bits per heavy atom. The average Bonchev–Trinajstić information content (AvgIpc) is 2.50. The highest BCUT2D eigenvalue weighted by Crippen LogP contribution is 2.25. The molecule has 0 fully saturated rings. The van der Waals surface area contributed by atoms with Gasteiger partial charge in [0.1, 0.15) is 0 Å². The van der Waals surface area contributed by atoms with E-state index in [9.17, 15) is 4.79 Å². The molecular formula is C18H18N2O. The van der Waals surface area contributed by atoms with E-state index < -0.39 is 0 Å². The number of rotatable bonds is 3. The molecule has 0 saturated carbocycles. The van der Waals surface area contributed by atoms with Crippen LogP contribution < -0.4 is 5.69 Å². The van der Waals surface area contributed by atoms with E-state index in [1.165, 1.54) is 0 Å². The summed E-state index contributed by atoms with van der Waals surface area (Å²) >= 11 is 0. The summed E-state index contributed by atoms with van der Waals surface area (Å²) in [4.78, 5) is 16.7. The van der Waals surface area contributed by atoms with Crippen molar-refractivity contribution in [3.05, 3.63) is 64.6 Å². The predicted molar refractivity (Wildman–Crippen MR) is 86.5 cm³/mol. The van der Waals surface area contributed by atoms with Gasteiger partial charge in [-0.2, -0.15) is 4.98 Å². The molecule has 3 heteroatoms. The van der Waals surface area contributed by atoms with Crippen molar-refractivity contribution in [1.82, 2.24) is 9.55 Å². The molecule has 3 aromatic rings. The van der Waals surface area contributed by atoms with Crippen LogP contribution in [0.15, 0.2) is 53.3 Å². The molecule has 3 nitrogen and oxygen atoms in total. The first-order valence-corrected chi connectivity index (χ1v) is 7.27. The molecule has 0 bridgehead atoms. The Balaban J connectivity index is 2.38. The van der Waals surface area contributed by atoms with Crippen LogP contribution in [-0.4, -0.2) is 9.55 Å². The van der Waals surface area contributed by atoms with E-state index in [4.69, 9.17) is 0 Å². The van der Waals surface area contributed by atoms with Crippen LogP contribution in [-0.2, 0) is 6.54 Å². The molecule has 1 aromatic heterocycles. The smallest absolute Gasteiger partial charge is 0.292 e. The van der Waals surface area contributed by atoms with Gasteiger partial charge in [0.15, 0.2) is 0 Å². The van der Waals surface area contributed by atoms with Crippen LogP contribution in [0.5, 0.6) is 0 Å². The first-order valence-electron chi connectivity index (χ1n) is 7.27. The number of hydrogen-bond acceptors (Lipinski definition) is 2. The van der Waals surface area contributed by atoms with E-state index in [1.807, 2.05) is 37.3 Å². The summed E-state index contributed by atoms with van der Waals surface area (Å²) < 4.78 is 1.77. The molecule has 0 saturated heterocycles. The molecule has 0 amide bonds. The fourth-order valence-corrected chi connectivity index (χ4v) is 2.64. The first kappa shape index (κ1) is 13.6.